The van der Waals surface area contributed by atoms with Crippen molar-refractivity contribution in [2.75, 3.05) is 0 Å². The largest absolute Gasteiger partial charge is 0.481 e. The highest BCUT2D eigenvalue weighted by Gasteiger charge is 2.20. The lowest BCUT2D eigenvalue weighted by atomic mass is 9.92. The van der Waals surface area contributed by atoms with E-state index in [2.05, 4.69) is 0 Å². The van der Waals surface area contributed by atoms with Crippen molar-refractivity contribution in [2.24, 2.45) is 5.73 Å². The first-order chi connectivity index (χ1) is 10.7. The Bertz CT molecular complexity index is 754. The van der Waals surface area contributed by atoms with Crippen molar-refractivity contribution < 1.29 is 18.7 Å². The highest BCUT2D eigenvalue weighted by atomic mass is 35.5. The van der Waals surface area contributed by atoms with Gasteiger partial charge in [0.1, 0.15) is 11.6 Å². The molecular formula is C17H16ClF2NO2. The van der Waals surface area contributed by atoms with E-state index in [9.17, 15) is 13.6 Å². The molecule has 0 amide bonds. The van der Waals surface area contributed by atoms with Crippen LogP contribution < -0.4 is 5.73 Å². The molecule has 0 saturated heterocycles. The van der Waals surface area contributed by atoms with Gasteiger partial charge in [0.2, 0.25) is 0 Å². The monoisotopic (exact) mass is 339 g/mol. The van der Waals surface area contributed by atoms with Crippen molar-refractivity contribution in [3.05, 3.63) is 57.6 Å². The molecule has 2 aromatic rings. The third kappa shape index (κ3) is 3.68. The molecule has 0 unspecified atom stereocenters. The Morgan fingerprint density at radius 2 is 1.78 bits per heavy atom. The second-order valence-corrected chi connectivity index (χ2v) is 5.89. The van der Waals surface area contributed by atoms with E-state index in [-0.39, 0.29) is 16.4 Å². The van der Waals surface area contributed by atoms with Gasteiger partial charge >= 0.3 is 5.97 Å². The summed E-state index contributed by atoms with van der Waals surface area (Å²) in [6.07, 6.45) is -0.419. The first-order valence-corrected chi connectivity index (χ1v) is 7.32. The average molecular weight is 340 g/mol. The Labute approximate surface area is 137 Å². The van der Waals surface area contributed by atoms with Gasteiger partial charge in [0.05, 0.1) is 11.4 Å². The highest BCUT2D eigenvalue weighted by Crippen LogP contribution is 2.34. The molecule has 3 nitrogen and oxygen atoms in total. The minimum absolute atomic E-state index is 0.0259. The third-order valence-corrected chi connectivity index (χ3v) is 3.91. The van der Waals surface area contributed by atoms with E-state index in [0.717, 1.165) is 5.56 Å². The fourth-order valence-corrected chi connectivity index (χ4v) is 2.92. The maximum atomic E-state index is 14.2. The zero-order valence-corrected chi connectivity index (χ0v) is 13.4. The summed E-state index contributed by atoms with van der Waals surface area (Å²) in [5.41, 5.74) is 8.43. The summed E-state index contributed by atoms with van der Waals surface area (Å²) in [4.78, 5) is 10.8. The van der Waals surface area contributed by atoms with Crippen molar-refractivity contribution in [2.45, 2.75) is 26.3 Å². The van der Waals surface area contributed by atoms with Crippen LogP contribution in [0.15, 0.2) is 24.3 Å². The summed E-state index contributed by atoms with van der Waals surface area (Å²) in [7, 11) is 0. The number of carboxylic acid groups (broad SMARTS) is 1. The van der Waals surface area contributed by atoms with Gasteiger partial charge in [-0.1, -0.05) is 11.6 Å². The predicted molar refractivity (Wildman–Crippen MR) is 85.5 cm³/mol. The summed E-state index contributed by atoms with van der Waals surface area (Å²) in [5, 5.41) is 8.68. The fourth-order valence-electron chi connectivity index (χ4n) is 2.69. The Hall–Kier alpha value is -1.98. The van der Waals surface area contributed by atoms with E-state index in [0.29, 0.717) is 16.7 Å². The number of hydrogen-bond acceptors (Lipinski definition) is 2. The number of halogens is 3. The molecule has 0 radical (unpaired) electrons. The molecule has 23 heavy (non-hydrogen) atoms. The lowest BCUT2D eigenvalue weighted by Crippen LogP contribution is -2.16. The smallest absolute Gasteiger partial charge is 0.305 e. The minimum atomic E-state index is -1.13. The number of benzene rings is 2. The SMILES string of the molecule is Cc1cc(F)cc(C)c1-c1cc(Cl)c(F)c([C@@H](N)CC(=O)O)c1. The third-order valence-electron chi connectivity index (χ3n) is 3.64. The van der Waals surface area contributed by atoms with Crippen LogP contribution in [0.1, 0.15) is 29.2 Å². The molecule has 0 bridgehead atoms. The maximum absolute atomic E-state index is 14.2. The molecule has 0 aliphatic carbocycles. The van der Waals surface area contributed by atoms with Gasteiger partial charge in [-0.05, 0) is 60.4 Å². The Morgan fingerprint density at radius 1 is 1.22 bits per heavy atom. The molecule has 122 valence electrons. The molecule has 6 heteroatoms. The fraction of sp³-hybridized carbons (Fsp3) is 0.235. The minimum Gasteiger partial charge on any atom is -0.481 e. The molecule has 2 aromatic carbocycles. The quantitative estimate of drug-likeness (QED) is 0.869. The number of hydrogen-bond donors (Lipinski definition) is 2. The van der Waals surface area contributed by atoms with Gasteiger partial charge in [-0.2, -0.15) is 0 Å². The molecule has 0 heterocycles. The van der Waals surface area contributed by atoms with Crippen LogP contribution in [-0.2, 0) is 4.79 Å². The predicted octanol–water partition coefficient (Wildman–Crippen LogP) is 4.38. The summed E-state index contributed by atoms with van der Waals surface area (Å²) >= 11 is 5.93. The Morgan fingerprint density at radius 3 is 2.30 bits per heavy atom. The summed E-state index contributed by atoms with van der Waals surface area (Å²) in [6.45, 7) is 3.47. The van der Waals surface area contributed by atoms with Crippen LogP contribution in [0.4, 0.5) is 8.78 Å². The van der Waals surface area contributed by atoms with Crippen LogP contribution in [0.2, 0.25) is 5.02 Å². The maximum Gasteiger partial charge on any atom is 0.305 e. The van der Waals surface area contributed by atoms with Crippen LogP contribution in [-0.4, -0.2) is 11.1 Å². The summed E-state index contributed by atoms with van der Waals surface area (Å²) in [5.74, 6) is -2.23. The first kappa shape index (κ1) is 17.4. The topological polar surface area (TPSA) is 63.3 Å². The van der Waals surface area contributed by atoms with Crippen LogP contribution >= 0.6 is 11.6 Å². The lowest BCUT2D eigenvalue weighted by molar-refractivity contribution is -0.137. The Kier molecular flexibility index (Phi) is 5.02. The molecule has 0 aliphatic rings. The van der Waals surface area contributed by atoms with E-state index in [1.165, 1.54) is 24.3 Å². The van der Waals surface area contributed by atoms with Crippen molar-refractivity contribution >= 4 is 17.6 Å². The van der Waals surface area contributed by atoms with E-state index in [1.54, 1.807) is 13.8 Å². The number of carboxylic acids is 1. The molecule has 1 atom stereocenters. The second kappa shape index (κ2) is 6.64. The van der Waals surface area contributed by atoms with Gasteiger partial charge in [0.25, 0.3) is 0 Å². The van der Waals surface area contributed by atoms with Crippen LogP contribution in [0.25, 0.3) is 11.1 Å². The van der Waals surface area contributed by atoms with Crippen LogP contribution in [0, 0.1) is 25.5 Å². The van der Waals surface area contributed by atoms with E-state index >= 15 is 0 Å². The average Bonchev–Trinajstić information content (AvgIpc) is 2.40. The van der Waals surface area contributed by atoms with Gasteiger partial charge in [-0.3, -0.25) is 4.79 Å². The van der Waals surface area contributed by atoms with Crippen molar-refractivity contribution in [3.8, 4) is 11.1 Å². The zero-order valence-electron chi connectivity index (χ0n) is 12.7. The van der Waals surface area contributed by atoms with Gasteiger partial charge in [-0.15, -0.1) is 0 Å². The van der Waals surface area contributed by atoms with E-state index in [4.69, 9.17) is 22.4 Å². The molecule has 3 N–H and O–H groups in total. The summed E-state index contributed by atoms with van der Waals surface area (Å²) in [6, 6.07) is 4.63. The number of nitrogens with two attached hydrogens (primary N) is 1. The Balaban J connectivity index is 2.62. The number of rotatable bonds is 4. The standard InChI is InChI=1S/C17H16ClF2NO2/c1-8-3-11(19)4-9(2)16(8)10-5-12(14(21)7-15(22)23)17(20)13(18)6-10/h3-6,14H,7,21H2,1-2H3,(H,22,23)/t14-/m0/s1. The van der Waals surface area contributed by atoms with Crippen LogP contribution in [0.3, 0.4) is 0 Å². The number of aliphatic carboxylic acids is 1. The van der Waals surface area contributed by atoms with Gasteiger partial charge in [0.15, 0.2) is 0 Å². The first-order valence-electron chi connectivity index (χ1n) is 6.94. The van der Waals surface area contributed by atoms with Crippen molar-refractivity contribution in [1.29, 1.82) is 0 Å². The van der Waals surface area contributed by atoms with Crippen LogP contribution in [0.5, 0.6) is 0 Å². The van der Waals surface area contributed by atoms with E-state index in [1.807, 2.05) is 0 Å². The molecule has 0 spiro atoms. The molecule has 0 aromatic heterocycles. The lowest BCUT2D eigenvalue weighted by Gasteiger charge is -2.16. The van der Waals surface area contributed by atoms with Gasteiger partial charge < -0.3 is 10.8 Å². The zero-order chi connectivity index (χ0) is 17.3. The normalized spacial score (nSPS) is 12.3. The molecule has 0 fully saturated rings. The van der Waals surface area contributed by atoms with E-state index < -0.39 is 24.2 Å². The second-order valence-electron chi connectivity index (χ2n) is 5.48. The molecule has 0 saturated carbocycles. The van der Waals surface area contributed by atoms with Crippen molar-refractivity contribution in [3.63, 3.8) is 0 Å². The molecular weight excluding hydrogens is 324 g/mol. The highest BCUT2D eigenvalue weighted by molar-refractivity contribution is 6.31. The molecule has 0 aliphatic heterocycles. The van der Waals surface area contributed by atoms with Gasteiger partial charge in [0, 0.05) is 11.6 Å². The van der Waals surface area contributed by atoms with Crippen molar-refractivity contribution in [1.82, 2.24) is 0 Å². The summed E-state index contributed by atoms with van der Waals surface area (Å²) < 4.78 is 27.6. The van der Waals surface area contributed by atoms with Gasteiger partial charge in [-0.25, -0.2) is 8.78 Å². The number of aryl methyl sites for hydroxylation is 2. The number of carbonyl (C=O) groups is 1. The molecule has 2 rings (SSSR count).